The quantitative estimate of drug-likeness (QED) is 0.828. The average Bonchev–Trinajstić information content (AvgIpc) is 3.08. The lowest BCUT2D eigenvalue weighted by atomic mass is 9.87. The molecule has 0 saturated carbocycles. The molecule has 1 N–H and O–H groups in total. The molecule has 0 unspecified atom stereocenters. The van der Waals surface area contributed by atoms with Crippen LogP contribution in [0.1, 0.15) is 44.0 Å². The lowest BCUT2D eigenvalue weighted by molar-refractivity contribution is 0.560. The van der Waals surface area contributed by atoms with Gasteiger partial charge in [-0.1, -0.05) is 45.0 Å². The number of benzene rings is 1. The van der Waals surface area contributed by atoms with Crippen molar-refractivity contribution in [1.82, 2.24) is 14.9 Å². The number of nitriles is 1. The molecule has 1 fully saturated rings. The van der Waals surface area contributed by atoms with Crippen molar-refractivity contribution in [3.8, 4) is 6.07 Å². The Labute approximate surface area is 166 Å². The summed E-state index contributed by atoms with van der Waals surface area (Å²) in [5.41, 5.74) is 2.25. The lowest BCUT2D eigenvalue weighted by Gasteiger charge is -2.19. The number of rotatable bonds is 5. The van der Waals surface area contributed by atoms with Gasteiger partial charge in [-0.05, 0) is 35.1 Å². The zero-order chi connectivity index (χ0) is 20.4. The van der Waals surface area contributed by atoms with E-state index in [2.05, 4.69) is 35.7 Å². The second-order valence-corrected chi connectivity index (χ2v) is 9.90. The minimum atomic E-state index is -3.44. The molecule has 28 heavy (non-hydrogen) atoms. The van der Waals surface area contributed by atoms with E-state index in [1.54, 1.807) is 12.1 Å². The Balaban J connectivity index is 1.59. The van der Waals surface area contributed by atoms with Gasteiger partial charge in [0.1, 0.15) is 6.07 Å². The highest BCUT2D eigenvalue weighted by Crippen LogP contribution is 2.23. The van der Waals surface area contributed by atoms with E-state index in [4.69, 9.17) is 5.26 Å². The second kappa shape index (κ2) is 7.86. The summed E-state index contributed by atoms with van der Waals surface area (Å²) in [5, 5.41) is 16.7. The first kappa shape index (κ1) is 20.2. The SMILES string of the molecule is CC(C)(C)c1ccc(CS(=O)(=O)N[C@@H]2CCN(c3ccc(C#N)nn3)C2)cc1. The highest BCUT2D eigenvalue weighted by Gasteiger charge is 2.27. The first-order valence-corrected chi connectivity index (χ1v) is 10.9. The summed E-state index contributed by atoms with van der Waals surface area (Å²) in [5.74, 6) is 0.614. The molecule has 2 aromatic rings. The van der Waals surface area contributed by atoms with Gasteiger partial charge < -0.3 is 4.90 Å². The van der Waals surface area contributed by atoms with Gasteiger partial charge in [-0.15, -0.1) is 10.2 Å². The fourth-order valence-electron chi connectivity index (χ4n) is 3.23. The van der Waals surface area contributed by atoms with Crippen molar-refractivity contribution in [1.29, 1.82) is 5.26 Å². The molecule has 1 atom stereocenters. The molecule has 1 aromatic heterocycles. The van der Waals surface area contributed by atoms with E-state index in [1.807, 2.05) is 35.2 Å². The molecule has 1 saturated heterocycles. The maximum absolute atomic E-state index is 12.6. The summed E-state index contributed by atoms with van der Waals surface area (Å²) in [6.07, 6.45) is 0.698. The van der Waals surface area contributed by atoms with Crippen LogP contribution in [0.4, 0.5) is 5.82 Å². The first-order valence-electron chi connectivity index (χ1n) is 9.24. The highest BCUT2D eigenvalue weighted by molar-refractivity contribution is 7.88. The maximum Gasteiger partial charge on any atom is 0.216 e. The van der Waals surface area contributed by atoms with Crippen LogP contribution in [-0.4, -0.2) is 37.7 Å². The molecule has 1 aromatic carbocycles. The van der Waals surface area contributed by atoms with Crippen molar-refractivity contribution in [2.24, 2.45) is 0 Å². The van der Waals surface area contributed by atoms with E-state index in [1.165, 1.54) is 5.56 Å². The Hall–Kier alpha value is -2.50. The van der Waals surface area contributed by atoms with E-state index in [9.17, 15) is 8.42 Å². The molecule has 0 radical (unpaired) electrons. The van der Waals surface area contributed by atoms with Crippen LogP contribution in [0.15, 0.2) is 36.4 Å². The van der Waals surface area contributed by atoms with Crippen LogP contribution < -0.4 is 9.62 Å². The predicted octanol–water partition coefficient (Wildman–Crippen LogP) is 2.34. The lowest BCUT2D eigenvalue weighted by Crippen LogP contribution is -2.37. The van der Waals surface area contributed by atoms with Crippen LogP contribution in [0.25, 0.3) is 0 Å². The van der Waals surface area contributed by atoms with E-state index >= 15 is 0 Å². The van der Waals surface area contributed by atoms with Gasteiger partial charge in [0.25, 0.3) is 0 Å². The standard InChI is InChI=1S/C20H25N5O2S/c1-20(2,3)16-6-4-15(5-7-16)14-28(26,27)24-18-10-11-25(13-18)19-9-8-17(12-21)22-23-19/h4-9,18,24H,10-11,13-14H2,1-3H3/t18-/m1/s1. The summed E-state index contributed by atoms with van der Waals surface area (Å²) < 4.78 is 27.9. The van der Waals surface area contributed by atoms with E-state index < -0.39 is 10.0 Å². The van der Waals surface area contributed by atoms with Gasteiger partial charge >= 0.3 is 0 Å². The van der Waals surface area contributed by atoms with Gasteiger partial charge in [-0.2, -0.15) is 5.26 Å². The molecule has 148 valence electrons. The summed E-state index contributed by atoms with van der Waals surface area (Å²) in [7, 11) is -3.44. The third kappa shape index (κ3) is 5.06. The normalized spacial score (nSPS) is 17.5. The highest BCUT2D eigenvalue weighted by atomic mass is 32.2. The second-order valence-electron chi connectivity index (χ2n) is 8.14. The van der Waals surface area contributed by atoms with Gasteiger partial charge in [0.05, 0.1) is 5.75 Å². The molecule has 2 heterocycles. The minimum Gasteiger partial charge on any atom is -0.353 e. The zero-order valence-electron chi connectivity index (χ0n) is 16.4. The fraction of sp³-hybridized carbons (Fsp3) is 0.450. The first-order chi connectivity index (χ1) is 13.2. The molecular formula is C20H25N5O2S. The van der Waals surface area contributed by atoms with Crippen molar-refractivity contribution in [3.05, 3.63) is 53.2 Å². The molecule has 1 aliphatic rings. The van der Waals surface area contributed by atoms with E-state index in [-0.39, 0.29) is 22.9 Å². The number of hydrogen-bond donors (Lipinski definition) is 1. The van der Waals surface area contributed by atoms with Crippen molar-refractivity contribution >= 4 is 15.8 Å². The number of nitrogens with zero attached hydrogens (tertiary/aromatic N) is 4. The number of nitrogens with one attached hydrogen (secondary N) is 1. The third-order valence-corrected chi connectivity index (χ3v) is 6.21. The predicted molar refractivity (Wildman–Crippen MR) is 108 cm³/mol. The molecule has 7 nitrogen and oxygen atoms in total. The van der Waals surface area contributed by atoms with Crippen LogP contribution in [-0.2, 0) is 21.2 Å². The number of hydrogen-bond acceptors (Lipinski definition) is 6. The number of aromatic nitrogens is 2. The molecule has 0 bridgehead atoms. The summed E-state index contributed by atoms with van der Waals surface area (Å²) >= 11 is 0. The molecule has 3 rings (SSSR count). The number of sulfonamides is 1. The van der Waals surface area contributed by atoms with Crippen LogP contribution >= 0.6 is 0 Å². The van der Waals surface area contributed by atoms with Crippen molar-refractivity contribution in [3.63, 3.8) is 0 Å². The fourth-order valence-corrected chi connectivity index (χ4v) is 4.65. The van der Waals surface area contributed by atoms with Crippen LogP contribution in [0.3, 0.4) is 0 Å². The zero-order valence-corrected chi connectivity index (χ0v) is 17.2. The molecule has 1 aliphatic heterocycles. The van der Waals surface area contributed by atoms with E-state index in [0.29, 0.717) is 25.3 Å². The maximum atomic E-state index is 12.6. The van der Waals surface area contributed by atoms with Crippen molar-refractivity contribution < 1.29 is 8.42 Å². The van der Waals surface area contributed by atoms with Crippen LogP contribution in [0.5, 0.6) is 0 Å². The molecule has 0 spiro atoms. The summed E-state index contributed by atoms with van der Waals surface area (Å²) in [6, 6.07) is 12.9. The van der Waals surface area contributed by atoms with Gasteiger partial charge in [0, 0.05) is 19.1 Å². The molecule has 0 amide bonds. The largest absolute Gasteiger partial charge is 0.353 e. The Kier molecular flexibility index (Phi) is 5.68. The van der Waals surface area contributed by atoms with Gasteiger partial charge in [-0.25, -0.2) is 13.1 Å². The molecule has 8 heteroatoms. The van der Waals surface area contributed by atoms with Crippen molar-refractivity contribution in [2.75, 3.05) is 18.0 Å². The minimum absolute atomic E-state index is 0.0371. The summed E-state index contributed by atoms with van der Waals surface area (Å²) in [6.45, 7) is 7.61. The van der Waals surface area contributed by atoms with Crippen LogP contribution in [0.2, 0.25) is 0 Å². The average molecular weight is 400 g/mol. The molecular weight excluding hydrogens is 374 g/mol. The van der Waals surface area contributed by atoms with Gasteiger partial charge in [-0.3, -0.25) is 0 Å². The Morgan fingerprint density at radius 3 is 2.46 bits per heavy atom. The van der Waals surface area contributed by atoms with Crippen LogP contribution in [0, 0.1) is 11.3 Å². The summed E-state index contributed by atoms with van der Waals surface area (Å²) in [4.78, 5) is 1.97. The molecule has 0 aliphatic carbocycles. The smallest absolute Gasteiger partial charge is 0.216 e. The Bertz CT molecular complexity index is 958. The Morgan fingerprint density at radius 2 is 1.89 bits per heavy atom. The topological polar surface area (TPSA) is 99.0 Å². The van der Waals surface area contributed by atoms with Gasteiger partial charge in [0.15, 0.2) is 11.5 Å². The van der Waals surface area contributed by atoms with Gasteiger partial charge in [0.2, 0.25) is 10.0 Å². The third-order valence-electron chi connectivity index (χ3n) is 4.80. The monoisotopic (exact) mass is 399 g/mol. The number of anilines is 1. The Morgan fingerprint density at radius 1 is 1.18 bits per heavy atom. The van der Waals surface area contributed by atoms with Crippen molar-refractivity contribution in [2.45, 2.75) is 44.4 Å². The van der Waals surface area contributed by atoms with E-state index in [0.717, 1.165) is 5.56 Å².